The minimum absolute atomic E-state index is 0.00320. The van der Waals surface area contributed by atoms with Gasteiger partial charge in [-0.1, -0.05) is 6.42 Å². The van der Waals surface area contributed by atoms with E-state index in [0.29, 0.717) is 5.56 Å². The average molecular weight is 254 g/mol. The van der Waals surface area contributed by atoms with Crippen LogP contribution in [0.3, 0.4) is 0 Å². The molecule has 0 saturated carbocycles. The first-order valence-corrected chi connectivity index (χ1v) is 6.76. The van der Waals surface area contributed by atoms with Gasteiger partial charge in [0.2, 0.25) is 0 Å². The van der Waals surface area contributed by atoms with Gasteiger partial charge in [0.25, 0.3) is 0 Å². The highest BCUT2D eigenvalue weighted by molar-refractivity contribution is 8.00. The molecule has 1 saturated heterocycles. The van der Waals surface area contributed by atoms with Gasteiger partial charge in [0.1, 0.15) is 0 Å². The van der Waals surface area contributed by atoms with Crippen molar-refractivity contribution in [1.29, 1.82) is 0 Å². The van der Waals surface area contributed by atoms with Gasteiger partial charge in [-0.05, 0) is 36.8 Å². The Morgan fingerprint density at radius 2 is 2.29 bits per heavy atom. The smallest absolute Gasteiger partial charge is 0.175 e. The van der Waals surface area contributed by atoms with Crippen LogP contribution >= 0.6 is 11.8 Å². The second-order valence-electron chi connectivity index (χ2n) is 4.07. The summed E-state index contributed by atoms with van der Waals surface area (Å²) in [6.45, 7) is 0. The summed E-state index contributed by atoms with van der Waals surface area (Å²) in [6.07, 6.45) is 3.16. The van der Waals surface area contributed by atoms with Crippen LogP contribution < -0.4 is 4.74 Å². The maximum Gasteiger partial charge on any atom is 0.175 e. The van der Waals surface area contributed by atoms with Crippen LogP contribution in [0.25, 0.3) is 0 Å². The zero-order valence-electron chi connectivity index (χ0n) is 9.74. The molecule has 1 aromatic rings. The largest absolute Gasteiger partial charge is 0.494 e. The maximum absolute atomic E-state index is 13.5. The Morgan fingerprint density at radius 1 is 1.47 bits per heavy atom. The Bertz CT molecular complexity index is 414. The van der Waals surface area contributed by atoms with Crippen LogP contribution in [0, 0.1) is 5.82 Å². The number of ether oxygens (including phenoxy) is 1. The predicted octanol–water partition coefficient (Wildman–Crippen LogP) is 3.30. The van der Waals surface area contributed by atoms with Gasteiger partial charge in [-0.2, -0.15) is 11.8 Å². The molecular weight excluding hydrogens is 239 g/mol. The number of ketones is 1. The van der Waals surface area contributed by atoms with Gasteiger partial charge < -0.3 is 4.74 Å². The van der Waals surface area contributed by atoms with E-state index in [-0.39, 0.29) is 16.8 Å². The van der Waals surface area contributed by atoms with E-state index in [1.807, 2.05) is 0 Å². The molecule has 0 radical (unpaired) electrons. The summed E-state index contributed by atoms with van der Waals surface area (Å²) in [4.78, 5) is 12.1. The number of Topliss-reactive ketones (excluding diaryl/α,β-unsaturated/α-hetero) is 1. The highest BCUT2D eigenvalue weighted by Gasteiger charge is 2.23. The van der Waals surface area contributed by atoms with E-state index >= 15 is 0 Å². The van der Waals surface area contributed by atoms with Crippen molar-refractivity contribution in [3.63, 3.8) is 0 Å². The number of halogens is 1. The number of thioether (sulfide) groups is 1. The van der Waals surface area contributed by atoms with Crippen molar-refractivity contribution in [2.45, 2.75) is 24.5 Å². The molecule has 17 heavy (non-hydrogen) atoms. The van der Waals surface area contributed by atoms with Crippen LogP contribution in [-0.4, -0.2) is 23.9 Å². The van der Waals surface area contributed by atoms with E-state index in [4.69, 9.17) is 4.74 Å². The molecule has 1 unspecified atom stereocenters. The van der Waals surface area contributed by atoms with Crippen LogP contribution in [0.5, 0.6) is 5.75 Å². The van der Waals surface area contributed by atoms with Gasteiger partial charge in [-0.25, -0.2) is 4.39 Å². The maximum atomic E-state index is 13.5. The fourth-order valence-corrected chi connectivity index (χ4v) is 3.23. The molecule has 0 aliphatic carbocycles. The summed E-state index contributed by atoms with van der Waals surface area (Å²) < 4.78 is 18.3. The van der Waals surface area contributed by atoms with Crippen molar-refractivity contribution < 1.29 is 13.9 Å². The summed E-state index contributed by atoms with van der Waals surface area (Å²) in [5.41, 5.74) is 0.447. The Hall–Kier alpha value is -1.03. The third kappa shape index (κ3) is 2.80. The molecule has 1 atom stereocenters. The van der Waals surface area contributed by atoms with Gasteiger partial charge in [0, 0.05) is 5.56 Å². The molecule has 1 aliphatic heterocycles. The summed E-state index contributed by atoms with van der Waals surface area (Å²) in [7, 11) is 1.41. The van der Waals surface area contributed by atoms with E-state index in [9.17, 15) is 9.18 Å². The average Bonchev–Trinajstić information content (AvgIpc) is 2.39. The lowest BCUT2D eigenvalue weighted by Gasteiger charge is -2.20. The molecule has 0 bridgehead atoms. The molecule has 1 aliphatic rings. The zero-order valence-corrected chi connectivity index (χ0v) is 10.6. The first kappa shape index (κ1) is 12.4. The quantitative estimate of drug-likeness (QED) is 0.774. The van der Waals surface area contributed by atoms with Crippen LogP contribution in [0.4, 0.5) is 4.39 Å². The fraction of sp³-hybridized carbons (Fsp3) is 0.462. The number of hydrogen-bond acceptors (Lipinski definition) is 3. The topological polar surface area (TPSA) is 26.3 Å². The van der Waals surface area contributed by atoms with Crippen LogP contribution in [0.15, 0.2) is 18.2 Å². The molecule has 1 heterocycles. The molecule has 0 aromatic heterocycles. The Balaban J connectivity index is 2.16. The predicted molar refractivity (Wildman–Crippen MR) is 67.4 cm³/mol. The molecule has 4 heteroatoms. The minimum Gasteiger partial charge on any atom is -0.494 e. The molecule has 0 amide bonds. The monoisotopic (exact) mass is 254 g/mol. The molecule has 1 fully saturated rings. The first-order chi connectivity index (χ1) is 8.22. The summed E-state index contributed by atoms with van der Waals surface area (Å²) in [6, 6.07) is 4.42. The molecule has 0 N–H and O–H groups in total. The van der Waals surface area contributed by atoms with Crippen molar-refractivity contribution in [3.05, 3.63) is 29.6 Å². The van der Waals surface area contributed by atoms with E-state index in [1.54, 1.807) is 17.8 Å². The summed E-state index contributed by atoms with van der Waals surface area (Å²) in [5.74, 6) is 0.767. The van der Waals surface area contributed by atoms with Gasteiger partial charge in [-0.15, -0.1) is 0 Å². The van der Waals surface area contributed by atoms with Crippen molar-refractivity contribution >= 4 is 17.5 Å². The van der Waals surface area contributed by atoms with Crippen molar-refractivity contribution in [1.82, 2.24) is 0 Å². The Morgan fingerprint density at radius 3 is 2.88 bits per heavy atom. The summed E-state index contributed by atoms with van der Waals surface area (Å²) >= 11 is 1.68. The highest BCUT2D eigenvalue weighted by atomic mass is 32.2. The van der Waals surface area contributed by atoms with Gasteiger partial charge in [0.05, 0.1) is 12.4 Å². The van der Waals surface area contributed by atoms with Gasteiger partial charge in [-0.3, -0.25) is 4.79 Å². The zero-order chi connectivity index (χ0) is 12.3. The number of carbonyl (C=O) groups is 1. The molecular formula is C13H15FO2S. The second-order valence-corrected chi connectivity index (χ2v) is 5.38. The number of carbonyl (C=O) groups excluding carboxylic acids is 1. The molecule has 2 nitrogen and oxygen atoms in total. The lowest BCUT2D eigenvalue weighted by molar-refractivity contribution is 0.0984. The molecule has 1 aromatic carbocycles. The minimum atomic E-state index is -0.473. The number of hydrogen-bond donors (Lipinski definition) is 0. The third-order valence-electron chi connectivity index (χ3n) is 2.91. The van der Waals surface area contributed by atoms with Crippen LogP contribution in [-0.2, 0) is 0 Å². The van der Waals surface area contributed by atoms with Gasteiger partial charge in [0.15, 0.2) is 17.3 Å². The summed E-state index contributed by atoms with van der Waals surface area (Å²) in [5, 5.41) is -0.00320. The van der Waals surface area contributed by atoms with Crippen LogP contribution in [0.2, 0.25) is 0 Å². The normalized spacial score (nSPS) is 20.0. The van der Waals surface area contributed by atoms with Crippen molar-refractivity contribution in [2.75, 3.05) is 12.9 Å². The molecule has 0 spiro atoms. The van der Waals surface area contributed by atoms with E-state index < -0.39 is 5.82 Å². The second kappa shape index (κ2) is 5.54. The Kier molecular flexibility index (Phi) is 4.05. The van der Waals surface area contributed by atoms with Gasteiger partial charge >= 0.3 is 0 Å². The van der Waals surface area contributed by atoms with E-state index in [2.05, 4.69) is 0 Å². The third-order valence-corrected chi connectivity index (χ3v) is 4.28. The van der Waals surface area contributed by atoms with Crippen molar-refractivity contribution in [3.8, 4) is 5.75 Å². The number of rotatable bonds is 3. The van der Waals surface area contributed by atoms with E-state index in [1.165, 1.54) is 25.7 Å². The molecule has 2 rings (SSSR count). The first-order valence-electron chi connectivity index (χ1n) is 5.71. The standard InChI is InChI=1S/C13H15FO2S/c1-16-11-6-5-9(8-10(11)14)13(15)12-4-2-3-7-17-12/h5-6,8,12H,2-4,7H2,1H3. The fourth-order valence-electron chi connectivity index (χ4n) is 1.95. The van der Waals surface area contributed by atoms with E-state index in [0.717, 1.165) is 18.6 Å². The Labute approximate surface area is 105 Å². The van der Waals surface area contributed by atoms with Crippen molar-refractivity contribution in [2.24, 2.45) is 0 Å². The van der Waals surface area contributed by atoms with Crippen LogP contribution in [0.1, 0.15) is 29.6 Å². The SMILES string of the molecule is COc1ccc(C(=O)C2CCCCS2)cc1F. The lowest BCUT2D eigenvalue weighted by Crippen LogP contribution is -2.21. The number of methoxy groups -OCH3 is 1. The lowest BCUT2D eigenvalue weighted by atomic mass is 10.0. The highest BCUT2D eigenvalue weighted by Crippen LogP contribution is 2.29. The molecule has 92 valence electrons. The number of benzene rings is 1.